The minimum absolute atomic E-state index is 0.00733. The third-order valence-electron chi connectivity index (χ3n) is 5.29. The maximum absolute atomic E-state index is 12.4. The average Bonchev–Trinajstić information content (AvgIpc) is 3.32. The third-order valence-corrected chi connectivity index (χ3v) is 5.29. The van der Waals surface area contributed by atoms with E-state index in [4.69, 9.17) is 9.15 Å². The van der Waals surface area contributed by atoms with E-state index in [9.17, 15) is 4.79 Å². The number of hydrogen-bond donors (Lipinski definition) is 1. The van der Waals surface area contributed by atoms with E-state index in [2.05, 4.69) is 15.2 Å². The first-order valence-electron chi connectivity index (χ1n) is 9.36. The predicted molar refractivity (Wildman–Crippen MR) is 96.3 cm³/mol. The summed E-state index contributed by atoms with van der Waals surface area (Å²) in [7, 11) is 0. The first kappa shape index (κ1) is 17.2. The summed E-state index contributed by atoms with van der Waals surface area (Å²) in [5.74, 6) is 1.47. The Bertz CT molecular complexity index is 704. The maximum atomic E-state index is 12.4. The second-order valence-corrected chi connectivity index (χ2v) is 7.12. The standard InChI is InChI=1S/C20H25N3O3/c24-20(22-9-6-16-4-1-2-8-21-16)18-12-15-7-10-23(14-19(15)26-18)13-17-5-3-11-25-17/h1-5,8,11,15,18-19H,6-7,9-10,12-14H2,(H,22,24)/t15-,18-,19+/m0/s1. The number of carbonyl (C=O) groups excluding carboxylic acids is 1. The number of amides is 1. The number of nitrogens with one attached hydrogen (secondary N) is 1. The summed E-state index contributed by atoms with van der Waals surface area (Å²) >= 11 is 0. The summed E-state index contributed by atoms with van der Waals surface area (Å²) in [4.78, 5) is 19.1. The fourth-order valence-electron chi connectivity index (χ4n) is 3.90. The van der Waals surface area contributed by atoms with Gasteiger partial charge < -0.3 is 14.5 Å². The van der Waals surface area contributed by atoms with E-state index in [1.807, 2.05) is 30.3 Å². The summed E-state index contributed by atoms with van der Waals surface area (Å²) in [6.45, 7) is 3.29. The van der Waals surface area contributed by atoms with Crippen molar-refractivity contribution in [2.45, 2.75) is 38.0 Å². The van der Waals surface area contributed by atoms with Crippen molar-refractivity contribution in [3.63, 3.8) is 0 Å². The fourth-order valence-corrected chi connectivity index (χ4v) is 3.90. The molecule has 6 nitrogen and oxygen atoms in total. The number of piperidine rings is 1. The zero-order valence-electron chi connectivity index (χ0n) is 14.8. The van der Waals surface area contributed by atoms with E-state index in [0.29, 0.717) is 12.5 Å². The second-order valence-electron chi connectivity index (χ2n) is 7.12. The highest BCUT2D eigenvalue weighted by molar-refractivity contribution is 5.81. The lowest BCUT2D eigenvalue weighted by atomic mass is 9.91. The van der Waals surface area contributed by atoms with Crippen LogP contribution in [0.25, 0.3) is 0 Å². The van der Waals surface area contributed by atoms with E-state index < -0.39 is 0 Å². The topological polar surface area (TPSA) is 67.6 Å². The molecule has 2 aliphatic heterocycles. The van der Waals surface area contributed by atoms with Gasteiger partial charge in [0.15, 0.2) is 0 Å². The van der Waals surface area contributed by atoms with Gasteiger partial charge in [0, 0.05) is 31.4 Å². The van der Waals surface area contributed by atoms with Crippen molar-refractivity contribution in [3.05, 3.63) is 54.2 Å². The van der Waals surface area contributed by atoms with Gasteiger partial charge in [-0.05, 0) is 49.6 Å². The number of likely N-dealkylation sites (tertiary alicyclic amines) is 1. The largest absolute Gasteiger partial charge is 0.468 e. The Balaban J connectivity index is 1.23. The first-order valence-corrected chi connectivity index (χ1v) is 9.36. The molecule has 4 rings (SSSR count). The number of carbonyl (C=O) groups is 1. The van der Waals surface area contributed by atoms with E-state index in [-0.39, 0.29) is 18.1 Å². The maximum Gasteiger partial charge on any atom is 0.249 e. The van der Waals surface area contributed by atoms with Crippen LogP contribution < -0.4 is 5.32 Å². The lowest BCUT2D eigenvalue weighted by molar-refractivity contribution is -0.132. The van der Waals surface area contributed by atoms with E-state index in [1.54, 1.807) is 12.5 Å². The molecule has 0 aromatic carbocycles. The molecule has 2 aromatic rings. The highest BCUT2D eigenvalue weighted by Gasteiger charge is 2.41. The van der Waals surface area contributed by atoms with Gasteiger partial charge in [-0.3, -0.25) is 14.7 Å². The molecule has 0 aliphatic carbocycles. The number of furan rings is 1. The quantitative estimate of drug-likeness (QED) is 0.859. The van der Waals surface area contributed by atoms with Gasteiger partial charge in [-0.1, -0.05) is 6.07 Å². The molecule has 3 atom stereocenters. The summed E-state index contributed by atoms with van der Waals surface area (Å²) in [5, 5.41) is 3.00. The molecule has 0 saturated carbocycles. The van der Waals surface area contributed by atoms with Crippen LogP contribution in [0.15, 0.2) is 47.2 Å². The van der Waals surface area contributed by atoms with Crippen molar-refractivity contribution in [3.8, 4) is 0 Å². The molecule has 1 N–H and O–H groups in total. The predicted octanol–water partition coefficient (Wildman–Crippen LogP) is 2.01. The zero-order chi connectivity index (χ0) is 17.8. The fraction of sp³-hybridized carbons (Fsp3) is 0.500. The Morgan fingerprint density at radius 3 is 3.08 bits per heavy atom. The van der Waals surface area contributed by atoms with Gasteiger partial charge in [0.05, 0.1) is 18.9 Å². The number of nitrogens with zero attached hydrogens (tertiary/aromatic N) is 2. The van der Waals surface area contributed by atoms with Gasteiger partial charge in [-0.15, -0.1) is 0 Å². The third kappa shape index (κ3) is 4.14. The van der Waals surface area contributed by atoms with Crippen LogP contribution >= 0.6 is 0 Å². The van der Waals surface area contributed by atoms with Gasteiger partial charge in [-0.2, -0.15) is 0 Å². The monoisotopic (exact) mass is 355 g/mol. The minimum Gasteiger partial charge on any atom is -0.468 e. The van der Waals surface area contributed by atoms with Gasteiger partial charge in [0.1, 0.15) is 11.9 Å². The Labute approximate surface area is 153 Å². The molecular formula is C20H25N3O3. The van der Waals surface area contributed by atoms with Crippen molar-refractivity contribution in [1.82, 2.24) is 15.2 Å². The van der Waals surface area contributed by atoms with E-state index in [0.717, 1.165) is 50.4 Å². The number of hydrogen-bond acceptors (Lipinski definition) is 5. The van der Waals surface area contributed by atoms with Crippen LogP contribution in [-0.2, 0) is 22.5 Å². The van der Waals surface area contributed by atoms with Crippen molar-refractivity contribution < 1.29 is 13.9 Å². The number of rotatable bonds is 6. The number of pyridine rings is 1. The van der Waals surface area contributed by atoms with Crippen LogP contribution in [0, 0.1) is 5.92 Å². The molecule has 0 radical (unpaired) electrons. The van der Waals surface area contributed by atoms with Crippen LogP contribution in [0.5, 0.6) is 0 Å². The van der Waals surface area contributed by atoms with E-state index >= 15 is 0 Å². The van der Waals surface area contributed by atoms with Crippen LogP contribution in [0.1, 0.15) is 24.3 Å². The summed E-state index contributed by atoms with van der Waals surface area (Å²) < 4.78 is 11.5. The molecule has 6 heteroatoms. The van der Waals surface area contributed by atoms with Gasteiger partial charge in [0.2, 0.25) is 5.91 Å². The van der Waals surface area contributed by atoms with Crippen molar-refractivity contribution in [2.75, 3.05) is 19.6 Å². The summed E-state index contributed by atoms with van der Waals surface area (Å²) in [5.41, 5.74) is 0.988. The average molecular weight is 355 g/mol. The Morgan fingerprint density at radius 1 is 1.31 bits per heavy atom. The molecule has 26 heavy (non-hydrogen) atoms. The molecule has 0 spiro atoms. The molecule has 0 unspecified atom stereocenters. The number of fused-ring (bicyclic) bond motifs is 1. The number of aromatic nitrogens is 1. The SMILES string of the molecule is O=C(NCCc1ccccn1)[C@@H]1C[C@@H]2CCN(Cc3ccco3)C[C@H]2O1. The van der Waals surface area contributed by atoms with Crippen LogP contribution in [0.3, 0.4) is 0 Å². The lowest BCUT2D eigenvalue weighted by Crippen LogP contribution is -2.42. The molecule has 4 heterocycles. The smallest absolute Gasteiger partial charge is 0.249 e. The molecule has 0 bridgehead atoms. The lowest BCUT2D eigenvalue weighted by Gasteiger charge is -2.33. The molecule has 2 fully saturated rings. The molecule has 1 amide bonds. The number of ether oxygens (including phenoxy) is 1. The van der Waals surface area contributed by atoms with Crippen LogP contribution in [0.2, 0.25) is 0 Å². The van der Waals surface area contributed by atoms with Crippen molar-refractivity contribution >= 4 is 5.91 Å². The summed E-state index contributed by atoms with van der Waals surface area (Å²) in [6.07, 6.45) is 5.94. The zero-order valence-corrected chi connectivity index (χ0v) is 14.8. The highest BCUT2D eigenvalue weighted by atomic mass is 16.5. The normalized spacial score (nSPS) is 25.8. The minimum atomic E-state index is -0.322. The van der Waals surface area contributed by atoms with Crippen LogP contribution in [0.4, 0.5) is 0 Å². The van der Waals surface area contributed by atoms with Gasteiger partial charge in [-0.25, -0.2) is 0 Å². The molecule has 138 valence electrons. The summed E-state index contributed by atoms with van der Waals surface area (Å²) in [6, 6.07) is 9.74. The Kier molecular flexibility index (Phi) is 5.32. The Morgan fingerprint density at radius 2 is 2.27 bits per heavy atom. The van der Waals surface area contributed by atoms with Crippen molar-refractivity contribution in [1.29, 1.82) is 0 Å². The van der Waals surface area contributed by atoms with Gasteiger partial charge >= 0.3 is 0 Å². The molecule has 2 aromatic heterocycles. The van der Waals surface area contributed by atoms with E-state index in [1.165, 1.54) is 0 Å². The second kappa shape index (κ2) is 8.01. The van der Waals surface area contributed by atoms with Crippen molar-refractivity contribution in [2.24, 2.45) is 5.92 Å². The molecular weight excluding hydrogens is 330 g/mol. The van der Waals surface area contributed by atoms with Gasteiger partial charge in [0.25, 0.3) is 0 Å². The van der Waals surface area contributed by atoms with Crippen LogP contribution in [-0.4, -0.2) is 47.6 Å². The highest BCUT2D eigenvalue weighted by Crippen LogP contribution is 2.33. The first-order chi connectivity index (χ1) is 12.8. The molecule has 2 saturated heterocycles. The molecule has 2 aliphatic rings. The Hall–Kier alpha value is -2.18.